The van der Waals surface area contributed by atoms with Crippen molar-refractivity contribution in [3.05, 3.63) is 11.9 Å². The molecule has 72 valence electrons. The zero-order valence-electron chi connectivity index (χ0n) is 8.20. The number of hydrogen-bond acceptors (Lipinski definition) is 3. The SMILES string of the molecule is CC(C)(N)c1cn(CC2CC2)nn1. The van der Waals surface area contributed by atoms with Crippen LogP contribution in [0.25, 0.3) is 0 Å². The van der Waals surface area contributed by atoms with Gasteiger partial charge in [-0.25, -0.2) is 0 Å². The fourth-order valence-electron chi connectivity index (χ4n) is 1.25. The molecule has 13 heavy (non-hydrogen) atoms. The zero-order chi connectivity index (χ0) is 9.47. The molecule has 0 amide bonds. The van der Waals surface area contributed by atoms with Gasteiger partial charge in [0.05, 0.1) is 11.7 Å². The van der Waals surface area contributed by atoms with Crippen LogP contribution in [-0.4, -0.2) is 15.0 Å². The molecule has 1 aromatic rings. The Morgan fingerprint density at radius 1 is 1.62 bits per heavy atom. The first-order valence-corrected chi connectivity index (χ1v) is 4.75. The van der Waals surface area contributed by atoms with Crippen molar-refractivity contribution in [2.45, 2.75) is 38.8 Å². The summed E-state index contributed by atoms with van der Waals surface area (Å²) >= 11 is 0. The molecule has 0 radical (unpaired) electrons. The highest BCUT2D eigenvalue weighted by atomic mass is 15.4. The van der Waals surface area contributed by atoms with Gasteiger partial charge < -0.3 is 5.73 Å². The lowest BCUT2D eigenvalue weighted by atomic mass is 10.0. The smallest absolute Gasteiger partial charge is 0.102 e. The highest BCUT2D eigenvalue weighted by molar-refractivity contribution is 5.05. The second kappa shape index (κ2) is 2.80. The topological polar surface area (TPSA) is 56.7 Å². The van der Waals surface area contributed by atoms with E-state index in [2.05, 4.69) is 10.3 Å². The number of aromatic nitrogens is 3. The molecule has 1 aliphatic rings. The minimum atomic E-state index is -0.373. The molecular formula is C9H16N4. The molecule has 1 fully saturated rings. The molecule has 2 rings (SSSR count). The Kier molecular flexibility index (Phi) is 1.87. The van der Waals surface area contributed by atoms with Crippen molar-refractivity contribution in [1.29, 1.82) is 0 Å². The van der Waals surface area contributed by atoms with Crippen molar-refractivity contribution in [3.8, 4) is 0 Å². The maximum Gasteiger partial charge on any atom is 0.102 e. The number of nitrogens with two attached hydrogens (primary N) is 1. The van der Waals surface area contributed by atoms with E-state index in [0.717, 1.165) is 18.2 Å². The molecule has 1 aliphatic carbocycles. The molecule has 0 saturated heterocycles. The molecule has 0 aliphatic heterocycles. The van der Waals surface area contributed by atoms with E-state index in [1.165, 1.54) is 12.8 Å². The van der Waals surface area contributed by atoms with Crippen LogP contribution < -0.4 is 5.73 Å². The first kappa shape index (κ1) is 8.69. The molecule has 0 aromatic carbocycles. The van der Waals surface area contributed by atoms with Gasteiger partial charge in [-0.3, -0.25) is 4.68 Å². The molecule has 2 N–H and O–H groups in total. The van der Waals surface area contributed by atoms with Crippen molar-refractivity contribution in [3.63, 3.8) is 0 Å². The Labute approximate surface area is 78.1 Å². The summed E-state index contributed by atoms with van der Waals surface area (Å²) in [5.41, 5.74) is 6.40. The predicted molar refractivity (Wildman–Crippen MR) is 50.0 cm³/mol. The van der Waals surface area contributed by atoms with Gasteiger partial charge in [-0.1, -0.05) is 5.21 Å². The fourth-order valence-corrected chi connectivity index (χ4v) is 1.25. The first-order chi connectivity index (χ1) is 6.05. The van der Waals surface area contributed by atoms with Crippen LogP contribution in [0.5, 0.6) is 0 Å². The second-order valence-electron chi connectivity index (χ2n) is 4.49. The minimum Gasteiger partial charge on any atom is -0.320 e. The molecule has 0 atom stereocenters. The molecule has 0 spiro atoms. The van der Waals surface area contributed by atoms with Gasteiger partial charge in [0, 0.05) is 6.54 Å². The largest absolute Gasteiger partial charge is 0.320 e. The monoisotopic (exact) mass is 180 g/mol. The summed E-state index contributed by atoms with van der Waals surface area (Å²) in [6.45, 7) is 4.89. The molecule has 1 saturated carbocycles. The summed E-state index contributed by atoms with van der Waals surface area (Å²) in [7, 11) is 0. The van der Waals surface area contributed by atoms with E-state index >= 15 is 0 Å². The third-order valence-electron chi connectivity index (χ3n) is 2.34. The Morgan fingerprint density at radius 2 is 2.31 bits per heavy atom. The Balaban J connectivity index is 2.08. The van der Waals surface area contributed by atoms with E-state index in [0.29, 0.717) is 0 Å². The molecule has 4 heteroatoms. The van der Waals surface area contributed by atoms with Crippen LogP contribution in [0.1, 0.15) is 32.4 Å². The van der Waals surface area contributed by atoms with Crippen LogP contribution in [0.3, 0.4) is 0 Å². The summed E-state index contributed by atoms with van der Waals surface area (Å²) in [6, 6.07) is 0. The van der Waals surface area contributed by atoms with Crippen molar-refractivity contribution in [1.82, 2.24) is 15.0 Å². The second-order valence-corrected chi connectivity index (χ2v) is 4.49. The van der Waals surface area contributed by atoms with Crippen molar-refractivity contribution < 1.29 is 0 Å². The standard InChI is InChI=1S/C9H16N4/c1-9(2,10)8-6-13(12-11-8)5-7-3-4-7/h6-7H,3-5,10H2,1-2H3. The lowest BCUT2D eigenvalue weighted by Gasteiger charge is -2.13. The molecule has 1 heterocycles. The highest BCUT2D eigenvalue weighted by Gasteiger charge is 2.24. The summed E-state index contributed by atoms with van der Waals surface area (Å²) in [6.07, 6.45) is 4.63. The van der Waals surface area contributed by atoms with E-state index in [-0.39, 0.29) is 5.54 Å². The van der Waals surface area contributed by atoms with Crippen LogP contribution in [-0.2, 0) is 12.1 Å². The maximum absolute atomic E-state index is 5.90. The average molecular weight is 180 g/mol. The molecule has 0 unspecified atom stereocenters. The van der Waals surface area contributed by atoms with Gasteiger partial charge in [0.1, 0.15) is 5.69 Å². The highest BCUT2D eigenvalue weighted by Crippen LogP contribution is 2.30. The van der Waals surface area contributed by atoms with E-state index in [1.807, 2.05) is 24.7 Å². The summed E-state index contributed by atoms with van der Waals surface area (Å²) < 4.78 is 1.90. The lowest BCUT2D eigenvalue weighted by molar-refractivity contribution is 0.532. The van der Waals surface area contributed by atoms with Crippen LogP contribution >= 0.6 is 0 Å². The van der Waals surface area contributed by atoms with Gasteiger partial charge in [0.15, 0.2) is 0 Å². The van der Waals surface area contributed by atoms with E-state index in [1.54, 1.807) is 0 Å². The molecule has 4 nitrogen and oxygen atoms in total. The Morgan fingerprint density at radius 3 is 2.77 bits per heavy atom. The van der Waals surface area contributed by atoms with Gasteiger partial charge in [-0.2, -0.15) is 0 Å². The van der Waals surface area contributed by atoms with Gasteiger partial charge in [0.2, 0.25) is 0 Å². The summed E-state index contributed by atoms with van der Waals surface area (Å²) in [4.78, 5) is 0. The Hall–Kier alpha value is -0.900. The van der Waals surface area contributed by atoms with Crippen molar-refractivity contribution in [2.75, 3.05) is 0 Å². The third kappa shape index (κ3) is 2.06. The summed E-state index contributed by atoms with van der Waals surface area (Å²) in [5.74, 6) is 0.829. The van der Waals surface area contributed by atoms with Gasteiger partial charge in [-0.05, 0) is 32.6 Å². The average Bonchev–Trinajstić information content (AvgIpc) is 2.63. The van der Waals surface area contributed by atoms with Crippen LogP contribution in [0, 0.1) is 5.92 Å². The van der Waals surface area contributed by atoms with E-state index in [4.69, 9.17) is 5.73 Å². The van der Waals surface area contributed by atoms with Crippen molar-refractivity contribution in [2.24, 2.45) is 11.7 Å². The van der Waals surface area contributed by atoms with Gasteiger partial charge in [0.25, 0.3) is 0 Å². The fraction of sp³-hybridized carbons (Fsp3) is 0.778. The van der Waals surface area contributed by atoms with Gasteiger partial charge >= 0.3 is 0 Å². The molecular weight excluding hydrogens is 164 g/mol. The third-order valence-corrected chi connectivity index (χ3v) is 2.34. The first-order valence-electron chi connectivity index (χ1n) is 4.75. The van der Waals surface area contributed by atoms with Crippen LogP contribution in [0.4, 0.5) is 0 Å². The van der Waals surface area contributed by atoms with E-state index < -0.39 is 0 Å². The lowest BCUT2D eigenvalue weighted by Crippen LogP contribution is -2.29. The Bertz CT molecular complexity index is 293. The predicted octanol–water partition coefficient (Wildman–Crippen LogP) is 0.882. The van der Waals surface area contributed by atoms with E-state index in [9.17, 15) is 0 Å². The zero-order valence-corrected chi connectivity index (χ0v) is 8.20. The quantitative estimate of drug-likeness (QED) is 0.751. The van der Waals surface area contributed by atoms with Gasteiger partial charge in [-0.15, -0.1) is 5.10 Å². The number of hydrogen-bond donors (Lipinski definition) is 1. The maximum atomic E-state index is 5.90. The summed E-state index contributed by atoms with van der Waals surface area (Å²) in [5, 5.41) is 8.11. The number of rotatable bonds is 3. The molecule has 1 aromatic heterocycles. The van der Waals surface area contributed by atoms with Crippen molar-refractivity contribution >= 4 is 0 Å². The minimum absolute atomic E-state index is 0.373. The molecule has 0 bridgehead atoms. The number of nitrogens with zero attached hydrogens (tertiary/aromatic N) is 3. The normalized spacial score (nSPS) is 17.8. The van der Waals surface area contributed by atoms with Crippen LogP contribution in [0.15, 0.2) is 6.20 Å². The van der Waals surface area contributed by atoms with Crippen LogP contribution in [0.2, 0.25) is 0 Å².